The summed E-state index contributed by atoms with van der Waals surface area (Å²) in [4.78, 5) is 20.4. The first kappa shape index (κ1) is 30.6. The highest BCUT2D eigenvalue weighted by Gasteiger charge is 2.46. The molecule has 0 amide bonds. The minimum atomic E-state index is -2.70. The number of benzene rings is 2. The monoisotopic (exact) mass is 597 g/mol. The van der Waals surface area contributed by atoms with Gasteiger partial charge in [0.25, 0.3) is 8.32 Å². The minimum Gasteiger partial charge on any atom is -0.405 e. The number of anilines is 1. The zero-order valence-corrected chi connectivity index (χ0v) is 25.9. The lowest BCUT2D eigenvalue weighted by Crippen LogP contribution is -2.63. The normalized spacial score (nSPS) is 18.6. The summed E-state index contributed by atoms with van der Waals surface area (Å²) in [5.41, 5.74) is 13.5. The largest absolute Gasteiger partial charge is 0.405 e. The van der Waals surface area contributed by atoms with Crippen LogP contribution < -0.4 is 21.8 Å². The second-order valence-corrected chi connectivity index (χ2v) is 15.1. The number of nitrogens with zero attached hydrogens (tertiary/aromatic N) is 3. The average molecular weight is 598 g/mol. The SMILES string of the molecule is CC(=O)CCO[C@@H]1C[C@H](n2cc(C#CCN)c3c(N)ncnc32)O[C@@H]1CO[Si](c1ccccc1)(c1ccccc1)C(C)C. The van der Waals surface area contributed by atoms with Crippen LogP contribution >= 0.6 is 0 Å². The number of hydrogen-bond donors (Lipinski definition) is 2. The number of Topliss-reactive ketones (excluding diaryl/α,β-unsaturated/α-hetero) is 1. The van der Waals surface area contributed by atoms with Gasteiger partial charge in [0.2, 0.25) is 0 Å². The molecule has 0 spiro atoms. The summed E-state index contributed by atoms with van der Waals surface area (Å²) in [6.45, 7) is 6.88. The van der Waals surface area contributed by atoms with E-state index in [1.165, 1.54) is 16.7 Å². The Labute approximate surface area is 253 Å². The number of fused-ring (bicyclic) bond motifs is 1. The maximum Gasteiger partial charge on any atom is 0.258 e. The molecule has 0 saturated carbocycles. The molecule has 1 aliphatic rings. The van der Waals surface area contributed by atoms with E-state index in [9.17, 15) is 4.79 Å². The maximum atomic E-state index is 11.7. The summed E-state index contributed by atoms with van der Waals surface area (Å²) in [5, 5.41) is 3.07. The zero-order valence-electron chi connectivity index (χ0n) is 24.9. The van der Waals surface area contributed by atoms with Gasteiger partial charge in [-0.3, -0.25) is 4.79 Å². The third kappa shape index (κ3) is 6.41. The van der Waals surface area contributed by atoms with E-state index in [4.69, 9.17) is 25.4 Å². The molecule has 0 radical (unpaired) electrons. The van der Waals surface area contributed by atoms with Crippen molar-refractivity contribution in [2.45, 2.75) is 57.6 Å². The summed E-state index contributed by atoms with van der Waals surface area (Å²) >= 11 is 0. The third-order valence-electron chi connectivity index (χ3n) is 7.93. The number of nitrogen functional groups attached to an aromatic ring is 1. The maximum absolute atomic E-state index is 11.7. The smallest absolute Gasteiger partial charge is 0.258 e. The van der Waals surface area contributed by atoms with E-state index in [2.05, 4.69) is 84.2 Å². The predicted molar refractivity (Wildman–Crippen MR) is 170 cm³/mol. The third-order valence-corrected chi connectivity index (χ3v) is 12.6. The van der Waals surface area contributed by atoms with E-state index in [0.717, 1.165) is 0 Å². The summed E-state index contributed by atoms with van der Waals surface area (Å²) < 4.78 is 22.1. The van der Waals surface area contributed by atoms with Crippen LogP contribution in [0.25, 0.3) is 11.0 Å². The fourth-order valence-corrected chi connectivity index (χ4v) is 10.0. The van der Waals surface area contributed by atoms with Crippen molar-refractivity contribution < 1.29 is 18.7 Å². The van der Waals surface area contributed by atoms with Crippen LogP contribution in [0, 0.1) is 11.8 Å². The van der Waals surface area contributed by atoms with Crippen LogP contribution in [0.5, 0.6) is 0 Å². The standard InChI is InChI=1S/C33H39N5O4Si/c1-23(2)43(26-12-6-4-7-13-26,27-14-8-5-9-15-27)41-21-29-28(40-18-16-24(3)39)19-30(42-29)38-20-25(11-10-17-34)31-32(35)36-22-37-33(31)38/h4-9,12-15,20,22-23,28-30H,16-19,21,34H2,1-3H3,(H2,35,36,37)/t28-,29-,30-/m1/s1. The molecule has 43 heavy (non-hydrogen) atoms. The number of carbonyl (C=O) groups is 1. The molecule has 1 fully saturated rings. The van der Waals surface area contributed by atoms with Gasteiger partial charge in [0.15, 0.2) is 0 Å². The van der Waals surface area contributed by atoms with Crippen LogP contribution in [0.4, 0.5) is 5.82 Å². The molecule has 1 aliphatic heterocycles. The van der Waals surface area contributed by atoms with E-state index < -0.39 is 14.5 Å². The molecule has 4 N–H and O–H groups in total. The van der Waals surface area contributed by atoms with Crippen LogP contribution in [0.1, 0.15) is 45.4 Å². The quantitative estimate of drug-likeness (QED) is 0.199. The molecular weight excluding hydrogens is 558 g/mol. The lowest BCUT2D eigenvalue weighted by molar-refractivity contribution is -0.119. The highest BCUT2D eigenvalue weighted by Crippen LogP contribution is 2.36. The molecule has 4 aromatic rings. The Hall–Kier alpha value is -3.85. The number of hydrogen-bond acceptors (Lipinski definition) is 8. The lowest BCUT2D eigenvalue weighted by atomic mass is 10.2. The molecule has 0 unspecified atom stereocenters. The lowest BCUT2D eigenvalue weighted by Gasteiger charge is -2.37. The van der Waals surface area contributed by atoms with Crippen molar-refractivity contribution in [3.63, 3.8) is 0 Å². The number of aromatic nitrogens is 3. The molecule has 9 nitrogen and oxygen atoms in total. The Morgan fingerprint density at radius 3 is 2.40 bits per heavy atom. The highest BCUT2D eigenvalue weighted by atomic mass is 28.4. The molecule has 3 atom stereocenters. The van der Waals surface area contributed by atoms with Crippen LogP contribution in [0.3, 0.4) is 0 Å². The second-order valence-electron chi connectivity index (χ2n) is 11.1. The summed E-state index contributed by atoms with van der Waals surface area (Å²) in [6.07, 6.45) is 3.10. The summed E-state index contributed by atoms with van der Waals surface area (Å²) in [5.74, 6) is 6.42. The van der Waals surface area contributed by atoms with Crippen LogP contribution in [0.15, 0.2) is 73.2 Å². The van der Waals surface area contributed by atoms with Crippen LogP contribution in [-0.2, 0) is 18.7 Å². The van der Waals surface area contributed by atoms with Crippen LogP contribution in [-0.4, -0.2) is 60.6 Å². The van der Waals surface area contributed by atoms with Gasteiger partial charge < -0.3 is 29.9 Å². The molecule has 1 saturated heterocycles. The molecule has 2 aromatic heterocycles. The first-order valence-corrected chi connectivity index (χ1v) is 16.6. The zero-order chi connectivity index (χ0) is 30.4. The van der Waals surface area contributed by atoms with E-state index in [0.29, 0.717) is 48.5 Å². The van der Waals surface area contributed by atoms with Crippen molar-refractivity contribution in [2.24, 2.45) is 5.73 Å². The van der Waals surface area contributed by atoms with Crippen molar-refractivity contribution >= 4 is 41.3 Å². The number of ether oxygens (including phenoxy) is 2. The van der Waals surface area contributed by atoms with E-state index in [-0.39, 0.29) is 30.1 Å². The fourth-order valence-electron chi connectivity index (χ4n) is 5.87. The van der Waals surface area contributed by atoms with Gasteiger partial charge in [0.05, 0.1) is 36.8 Å². The molecule has 10 heteroatoms. The molecule has 2 aromatic carbocycles. The Morgan fingerprint density at radius 2 is 1.79 bits per heavy atom. The molecule has 0 aliphatic carbocycles. The number of nitrogens with two attached hydrogens (primary N) is 2. The van der Waals surface area contributed by atoms with Crippen molar-refractivity contribution in [1.29, 1.82) is 0 Å². The Morgan fingerprint density at radius 1 is 1.12 bits per heavy atom. The molecule has 224 valence electrons. The first-order chi connectivity index (χ1) is 20.8. The highest BCUT2D eigenvalue weighted by molar-refractivity contribution is 6.98. The Bertz CT molecular complexity index is 1560. The predicted octanol–water partition coefficient (Wildman–Crippen LogP) is 3.16. The van der Waals surface area contributed by atoms with Gasteiger partial charge in [-0.1, -0.05) is 86.4 Å². The van der Waals surface area contributed by atoms with E-state index in [1.807, 2.05) is 22.9 Å². The number of ketones is 1. The summed E-state index contributed by atoms with van der Waals surface area (Å²) in [7, 11) is -2.70. The fraction of sp³-hybridized carbons (Fsp3) is 0.364. The van der Waals surface area contributed by atoms with Crippen LogP contribution in [0.2, 0.25) is 5.54 Å². The molecule has 0 bridgehead atoms. The first-order valence-electron chi connectivity index (χ1n) is 14.7. The topological polar surface area (TPSA) is 128 Å². The second kappa shape index (κ2) is 13.6. The number of rotatable bonds is 11. The Kier molecular flexibility index (Phi) is 9.70. The molecular formula is C33H39N5O4Si. The van der Waals surface area contributed by atoms with Gasteiger partial charge in [0.1, 0.15) is 35.9 Å². The van der Waals surface area contributed by atoms with Crippen molar-refractivity contribution in [1.82, 2.24) is 14.5 Å². The van der Waals surface area contributed by atoms with E-state index >= 15 is 0 Å². The Balaban J connectivity index is 1.49. The molecule has 3 heterocycles. The van der Waals surface area contributed by atoms with Gasteiger partial charge in [0, 0.05) is 19.0 Å². The number of carbonyl (C=O) groups excluding carboxylic acids is 1. The van der Waals surface area contributed by atoms with Crippen molar-refractivity contribution in [2.75, 3.05) is 25.5 Å². The molecule has 5 rings (SSSR count). The van der Waals surface area contributed by atoms with Gasteiger partial charge >= 0.3 is 0 Å². The average Bonchev–Trinajstić information content (AvgIpc) is 3.59. The van der Waals surface area contributed by atoms with Gasteiger partial charge in [-0.05, 0) is 22.8 Å². The minimum absolute atomic E-state index is 0.0781. The summed E-state index contributed by atoms with van der Waals surface area (Å²) in [6, 6.07) is 21.0. The van der Waals surface area contributed by atoms with Gasteiger partial charge in [-0.25, -0.2) is 9.97 Å². The van der Waals surface area contributed by atoms with Gasteiger partial charge in [-0.15, -0.1) is 0 Å². The van der Waals surface area contributed by atoms with E-state index in [1.54, 1.807) is 6.92 Å². The van der Waals surface area contributed by atoms with Crippen molar-refractivity contribution in [3.8, 4) is 11.8 Å². The van der Waals surface area contributed by atoms with Gasteiger partial charge in [-0.2, -0.15) is 0 Å². The van der Waals surface area contributed by atoms with Crippen molar-refractivity contribution in [3.05, 3.63) is 78.8 Å².